The highest BCUT2D eigenvalue weighted by molar-refractivity contribution is 5.85. The van der Waals surface area contributed by atoms with Crippen LogP contribution in [-0.4, -0.2) is 36.5 Å². The second kappa shape index (κ2) is 3.23. The quantitative estimate of drug-likeness (QED) is 0.545. The Morgan fingerprint density at radius 1 is 1.64 bits per heavy atom. The molecule has 0 bridgehead atoms. The summed E-state index contributed by atoms with van der Waals surface area (Å²) in [5.74, 6) is -1.79. The lowest BCUT2D eigenvalue weighted by atomic mass is 9.96. The zero-order valence-corrected chi connectivity index (χ0v) is 5.76. The predicted octanol–water partition coefficient (Wildman–Crippen LogP) is -0.599. The summed E-state index contributed by atoms with van der Waals surface area (Å²) >= 11 is 0. The summed E-state index contributed by atoms with van der Waals surface area (Å²) in [6.07, 6.45) is -4.13. The first-order valence-electron chi connectivity index (χ1n) is 3.32. The van der Waals surface area contributed by atoms with Gasteiger partial charge in [0.15, 0.2) is 5.78 Å². The summed E-state index contributed by atoms with van der Waals surface area (Å²) in [6, 6.07) is 0. The molecule has 0 aromatic carbocycles. The van der Waals surface area contributed by atoms with Gasteiger partial charge in [-0.2, -0.15) is 0 Å². The molecule has 0 radical (unpaired) electrons. The smallest absolute Gasteiger partial charge is 0.245 e. The molecule has 5 heteroatoms. The molecule has 0 aromatic heterocycles. The number of aliphatic hydroxyl groups is 1. The van der Waals surface area contributed by atoms with Crippen LogP contribution < -0.4 is 5.32 Å². The number of ketones is 1. The van der Waals surface area contributed by atoms with Gasteiger partial charge in [0, 0.05) is 6.54 Å². The fourth-order valence-corrected chi connectivity index (χ4v) is 1.04. The van der Waals surface area contributed by atoms with Crippen LogP contribution in [-0.2, 0) is 4.79 Å². The molecule has 1 saturated heterocycles. The van der Waals surface area contributed by atoms with Gasteiger partial charge < -0.3 is 10.4 Å². The Labute approximate surface area is 62.4 Å². The average Bonchev–Trinajstić information content (AvgIpc) is 1.94. The van der Waals surface area contributed by atoms with E-state index < -0.39 is 24.2 Å². The van der Waals surface area contributed by atoms with Crippen LogP contribution in [0.1, 0.15) is 0 Å². The molecular weight excluding hydrogens is 156 g/mol. The van der Waals surface area contributed by atoms with Crippen LogP contribution in [0.15, 0.2) is 0 Å². The number of hydrogen-bond donors (Lipinski definition) is 2. The molecule has 0 amide bonds. The van der Waals surface area contributed by atoms with E-state index in [2.05, 4.69) is 5.32 Å². The molecule has 1 heterocycles. The Balaban J connectivity index is 2.58. The topological polar surface area (TPSA) is 49.3 Å². The molecule has 0 unspecified atom stereocenters. The van der Waals surface area contributed by atoms with Crippen molar-refractivity contribution in [2.24, 2.45) is 5.92 Å². The molecule has 2 N–H and O–H groups in total. The number of nitrogens with one attached hydrogen (secondary N) is 1. The standard InChI is InChI=1S/C6H9F2NO2/c7-6(8)3-1-9-2-4(10)5(3)11/h3,5-6,9,11H,1-2H2/t3-,5+/m0/s1. The summed E-state index contributed by atoms with van der Waals surface area (Å²) in [4.78, 5) is 10.7. The maximum absolute atomic E-state index is 12.0. The molecule has 3 nitrogen and oxygen atoms in total. The molecule has 64 valence electrons. The van der Waals surface area contributed by atoms with Crippen LogP contribution in [0.4, 0.5) is 8.78 Å². The molecule has 0 saturated carbocycles. The summed E-state index contributed by atoms with van der Waals surface area (Å²) in [7, 11) is 0. The monoisotopic (exact) mass is 165 g/mol. The van der Waals surface area contributed by atoms with E-state index in [9.17, 15) is 13.6 Å². The zero-order valence-electron chi connectivity index (χ0n) is 5.76. The lowest BCUT2D eigenvalue weighted by molar-refractivity contribution is -0.135. The number of Topliss-reactive ketones (excluding diaryl/α,β-unsaturated/α-hetero) is 1. The molecule has 0 aromatic rings. The minimum Gasteiger partial charge on any atom is -0.385 e. The lowest BCUT2D eigenvalue weighted by Gasteiger charge is -2.26. The van der Waals surface area contributed by atoms with Gasteiger partial charge in [-0.1, -0.05) is 0 Å². The lowest BCUT2D eigenvalue weighted by Crippen LogP contribution is -2.50. The molecule has 1 aliphatic heterocycles. The minimum atomic E-state index is -2.64. The van der Waals surface area contributed by atoms with Crippen LogP contribution in [0.5, 0.6) is 0 Å². The van der Waals surface area contributed by atoms with Gasteiger partial charge in [-0.05, 0) is 0 Å². The highest BCUT2D eigenvalue weighted by atomic mass is 19.3. The van der Waals surface area contributed by atoms with Crippen molar-refractivity contribution >= 4 is 5.78 Å². The van der Waals surface area contributed by atoms with Gasteiger partial charge in [-0.15, -0.1) is 0 Å². The fourth-order valence-electron chi connectivity index (χ4n) is 1.04. The van der Waals surface area contributed by atoms with Gasteiger partial charge in [0.25, 0.3) is 0 Å². The van der Waals surface area contributed by atoms with E-state index in [4.69, 9.17) is 5.11 Å². The number of piperidine rings is 1. The number of rotatable bonds is 1. The third-order valence-corrected chi connectivity index (χ3v) is 1.74. The predicted molar refractivity (Wildman–Crippen MR) is 33.4 cm³/mol. The van der Waals surface area contributed by atoms with Crippen molar-refractivity contribution in [2.45, 2.75) is 12.5 Å². The Kier molecular flexibility index (Phi) is 2.51. The first-order valence-corrected chi connectivity index (χ1v) is 3.32. The normalized spacial score (nSPS) is 32.9. The van der Waals surface area contributed by atoms with Crippen LogP contribution in [0.2, 0.25) is 0 Å². The van der Waals surface area contributed by atoms with Crippen molar-refractivity contribution in [1.29, 1.82) is 0 Å². The Bertz CT molecular complexity index is 163. The highest BCUT2D eigenvalue weighted by Gasteiger charge is 2.35. The SMILES string of the molecule is O=C1CNC[C@H](C(F)F)[C@H]1O. The van der Waals surface area contributed by atoms with Crippen LogP contribution >= 0.6 is 0 Å². The maximum atomic E-state index is 12.0. The van der Waals surface area contributed by atoms with Gasteiger partial charge in [0.2, 0.25) is 6.43 Å². The number of alkyl halides is 2. The van der Waals surface area contributed by atoms with E-state index in [0.29, 0.717) is 0 Å². The summed E-state index contributed by atoms with van der Waals surface area (Å²) in [5.41, 5.74) is 0. The van der Waals surface area contributed by atoms with Gasteiger partial charge in [-0.3, -0.25) is 4.79 Å². The first-order chi connectivity index (χ1) is 5.13. The maximum Gasteiger partial charge on any atom is 0.245 e. The van der Waals surface area contributed by atoms with E-state index in [1.807, 2.05) is 0 Å². The van der Waals surface area contributed by atoms with Crippen molar-refractivity contribution < 1.29 is 18.7 Å². The largest absolute Gasteiger partial charge is 0.385 e. The van der Waals surface area contributed by atoms with Crippen LogP contribution in [0.25, 0.3) is 0 Å². The highest BCUT2D eigenvalue weighted by Crippen LogP contribution is 2.16. The second-order valence-corrected chi connectivity index (χ2v) is 2.54. The molecule has 1 rings (SSSR count). The summed E-state index contributed by atoms with van der Waals surface area (Å²) < 4.78 is 24.0. The van der Waals surface area contributed by atoms with Crippen molar-refractivity contribution in [3.63, 3.8) is 0 Å². The third-order valence-electron chi connectivity index (χ3n) is 1.74. The van der Waals surface area contributed by atoms with Gasteiger partial charge in [0.1, 0.15) is 6.10 Å². The van der Waals surface area contributed by atoms with E-state index in [0.717, 1.165) is 0 Å². The number of aliphatic hydroxyl groups excluding tert-OH is 1. The van der Waals surface area contributed by atoms with Crippen molar-refractivity contribution in [3.05, 3.63) is 0 Å². The second-order valence-electron chi connectivity index (χ2n) is 2.54. The van der Waals surface area contributed by atoms with E-state index >= 15 is 0 Å². The third kappa shape index (κ3) is 1.72. The molecule has 1 aliphatic rings. The van der Waals surface area contributed by atoms with Crippen LogP contribution in [0, 0.1) is 5.92 Å². The van der Waals surface area contributed by atoms with Crippen molar-refractivity contribution in [1.82, 2.24) is 5.32 Å². The number of halogens is 2. The minimum absolute atomic E-state index is 0.00454. The number of carbonyl (C=O) groups excluding carboxylic acids is 1. The van der Waals surface area contributed by atoms with Gasteiger partial charge in [-0.25, -0.2) is 8.78 Å². The molecule has 0 spiro atoms. The zero-order chi connectivity index (χ0) is 8.43. The van der Waals surface area contributed by atoms with Gasteiger partial charge >= 0.3 is 0 Å². The van der Waals surface area contributed by atoms with Crippen molar-refractivity contribution in [3.8, 4) is 0 Å². The fraction of sp³-hybridized carbons (Fsp3) is 0.833. The number of hydrogen-bond acceptors (Lipinski definition) is 3. The van der Waals surface area contributed by atoms with E-state index in [1.165, 1.54) is 0 Å². The Morgan fingerprint density at radius 3 is 2.73 bits per heavy atom. The summed E-state index contributed by atoms with van der Waals surface area (Å²) in [5, 5.41) is 11.4. The summed E-state index contributed by atoms with van der Waals surface area (Å²) in [6.45, 7) is -0.00500. The van der Waals surface area contributed by atoms with Crippen LogP contribution in [0.3, 0.4) is 0 Å². The Hall–Kier alpha value is -0.550. The van der Waals surface area contributed by atoms with E-state index in [-0.39, 0.29) is 13.1 Å². The van der Waals surface area contributed by atoms with Gasteiger partial charge in [0.05, 0.1) is 12.5 Å². The molecule has 11 heavy (non-hydrogen) atoms. The average molecular weight is 165 g/mol. The van der Waals surface area contributed by atoms with E-state index in [1.54, 1.807) is 0 Å². The molecule has 0 aliphatic carbocycles. The molecular formula is C6H9F2NO2. The first kappa shape index (κ1) is 8.55. The molecule has 1 fully saturated rings. The molecule has 2 atom stereocenters. The number of carbonyl (C=O) groups is 1. The Morgan fingerprint density at radius 2 is 2.27 bits per heavy atom. The van der Waals surface area contributed by atoms with Crippen molar-refractivity contribution in [2.75, 3.05) is 13.1 Å².